The second kappa shape index (κ2) is 11.3. The van der Waals surface area contributed by atoms with Gasteiger partial charge in [0.2, 0.25) is 0 Å². The molecule has 0 unspecified atom stereocenters. The van der Waals surface area contributed by atoms with Crippen molar-refractivity contribution in [3.8, 4) is 27.9 Å². The van der Waals surface area contributed by atoms with E-state index in [0.717, 1.165) is 22.7 Å². The third kappa shape index (κ3) is 4.57. The molecule has 1 aliphatic rings. The minimum absolute atomic E-state index is 0.154. The molecule has 1 heterocycles. The van der Waals surface area contributed by atoms with Crippen LogP contribution in [-0.4, -0.2) is 4.57 Å². The molecule has 0 radical (unpaired) electrons. The zero-order valence-electron chi connectivity index (χ0n) is 28.7. The number of rotatable bonds is 5. The molecule has 2 heteroatoms. The first-order valence-electron chi connectivity index (χ1n) is 17.8. The molecule has 0 amide bonds. The summed E-state index contributed by atoms with van der Waals surface area (Å²) in [6.45, 7) is 4.76. The molecule has 0 N–H and O–H groups in total. The Hall–Kier alpha value is -6.38. The predicted octanol–water partition coefficient (Wildman–Crippen LogP) is 13.4. The fourth-order valence-corrected chi connectivity index (χ4v) is 8.46. The van der Waals surface area contributed by atoms with Crippen molar-refractivity contribution >= 4 is 49.6 Å². The summed E-state index contributed by atoms with van der Waals surface area (Å²) in [5.74, 6) is 0. The third-order valence-corrected chi connectivity index (χ3v) is 10.9. The van der Waals surface area contributed by atoms with Crippen LogP contribution < -0.4 is 4.90 Å². The molecule has 51 heavy (non-hydrogen) atoms. The Morgan fingerprint density at radius 2 is 1.04 bits per heavy atom. The van der Waals surface area contributed by atoms with Gasteiger partial charge in [0.05, 0.1) is 16.7 Å². The number of hydrogen-bond donors (Lipinski definition) is 0. The average molecular weight is 653 g/mol. The topological polar surface area (TPSA) is 8.17 Å². The summed E-state index contributed by atoms with van der Waals surface area (Å²) < 4.78 is 2.41. The first kappa shape index (κ1) is 29.5. The number of fused-ring (bicyclic) bond motifs is 7. The van der Waals surface area contributed by atoms with Crippen molar-refractivity contribution in [1.82, 2.24) is 4.57 Å². The SMILES string of the molecule is CC1(C)c2cc(N(c3ccc4c5ccccc5n(-c5ccccc5)c4c3)c3ccccc3-c3ccccc3)ccc2-c2cc3ccccc3cc21. The van der Waals surface area contributed by atoms with Crippen molar-refractivity contribution in [3.63, 3.8) is 0 Å². The zero-order valence-corrected chi connectivity index (χ0v) is 28.7. The van der Waals surface area contributed by atoms with E-state index >= 15 is 0 Å². The van der Waals surface area contributed by atoms with Gasteiger partial charge in [0.1, 0.15) is 0 Å². The van der Waals surface area contributed by atoms with E-state index in [1.54, 1.807) is 0 Å². The van der Waals surface area contributed by atoms with Gasteiger partial charge in [-0.2, -0.15) is 0 Å². The minimum Gasteiger partial charge on any atom is -0.310 e. The lowest BCUT2D eigenvalue weighted by Crippen LogP contribution is -2.17. The molecule has 2 nitrogen and oxygen atoms in total. The van der Waals surface area contributed by atoms with Gasteiger partial charge in [-0.05, 0) is 99.3 Å². The Bertz CT molecular complexity index is 2770. The maximum Gasteiger partial charge on any atom is 0.0561 e. The maximum atomic E-state index is 2.46. The van der Waals surface area contributed by atoms with Gasteiger partial charge in [-0.3, -0.25) is 0 Å². The van der Waals surface area contributed by atoms with Crippen LogP contribution in [0.15, 0.2) is 182 Å². The van der Waals surface area contributed by atoms with Crippen LogP contribution in [0.25, 0.3) is 60.5 Å². The fraction of sp³-hybridized carbons (Fsp3) is 0.0612. The highest BCUT2D eigenvalue weighted by Crippen LogP contribution is 2.52. The van der Waals surface area contributed by atoms with E-state index in [0.29, 0.717) is 0 Å². The summed E-state index contributed by atoms with van der Waals surface area (Å²) in [7, 11) is 0. The lowest BCUT2D eigenvalue weighted by Gasteiger charge is -2.30. The molecule has 9 aromatic rings. The van der Waals surface area contributed by atoms with Crippen LogP contribution in [0.4, 0.5) is 17.1 Å². The van der Waals surface area contributed by atoms with Crippen LogP contribution >= 0.6 is 0 Å². The van der Waals surface area contributed by atoms with Gasteiger partial charge >= 0.3 is 0 Å². The first-order valence-corrected chi connectivity index (χ1v) is 17.8. The normalized spacial score (nSPS) is 13.1. The van der Waals surface area contributed by atoms with Gasteiger partial charge in [0, 0.05) is 38.8 Å². The number of para-hydroxylation sites is 3. The van der Waals surface area contributed by atoms with Gasteiger partial charge in [-0.1, -0.05) is 135 Å². The van der Waals surface area contributed by atoms with Crippen molar-refractivity contribution in [2.45, 2.75) is 19.3 Å². The van der Waals surface area contributed by atoms with Crippen LogP contribution in [0.3, 0.4) is 0 Å². The molecule has 0 bridgehead atoms. The molecule has 10 rings (SSSR count). The van der Waals surface area contributed by atoms with E-state index in [1.165, 1.54) is 66.0 Å². The summed E-state index contributed by atoms with van der Waals surface area (Å²) >= 11 is 0. The highest BCUT2D eigenvalue weighted by atomic mass is 15.1. The maximum absolute atomic E-state index is 2.46. The van der Waals surface area contributed by atoms with Crippen LogP contribution in [0.2, 0.25) is 0 Å². The molecule has 0 atom stereocenters. The van der Waals surface area contributed by atoms with Crippen LogP contribution in [0.5, 0.6) is 0 Å². The van der Waals surface area contributed by atoms with Crippen LogP contribution in [0, 0.1) is 0 Å². The van der Waals surface area contributed by atoms with Gasteiger partial charge < -0.3 is 9.47 Å². The molecule has 0 saturated carbocycles. The second-order valence-electron chi connectivity index (χ2n) is 14.2. The fourth-order valence-electron chi connectivity index (χ4n) is 8.46. The summed E-state index contributed by atoms with van der Waals surface area (Å²) in [5.41, 5.74) is 14.6. The molecule has 242 valence electrons. The molecule has 0 saturated heterocycles. The van der Waals surface area contributed by atoms with E-state index in [9.17, 15) is 0 Å². The Kier molecular flexibility index (Phi) is 6.56. The third-order valence-electron chi connectivity index (χ3n) is 10.9. The Labute approximate surface area is 298 Å². The van der Waals surface area contributed by atoms with Gasteiger partial charge in [0.25, 0.3) is 0 Å². The van der Waals surface area contributed by atoms with Crippen molar-refractivity contribution in [3.05, 3.63) is 193 Å². The lowest BCUT2D eigenvalue weighted by atomic mass is 9.81. The largest absolute Gasteiger partial charge is 0.310 e. The first-order chi connectivity index (χ1) is 25.1. The molecule has 1 aliphatic carbocycles. The summed E-state index contributed by atoms with van der Waals surface area (Å²) in [4.78, 5) is 2.46. The van der Waals surface area contributed by atoms with Crippen LogP contribution in [-0.2, 0) is 5.41 Å². The Balaban J connectivity index is 1.23. The summed E-state index contributed by atoms with van der Waals surface area (Å²) in [6, 6.07) is 66.7. The van der Waals surface area contributed by atoms with Gasteiger partial charge in [-0.15, -0.1) is 0 Å². The smallest absolute Gasteiger partial charge is 0.0561 e. The summed E-state index contributed by atoms with van der Waals surface area (Å²) in [5, 5.41) is 5.07. The van der Waals surface area contributed by atoms with Crippen molar-refractivity contribution < 1.29 is 0 Å². The van der Waals surface area contributed by atoms with Crippen molar-refractivity contribution in [2.75, 3.05) is 4.90 Å². The Morgan fingerprint density at radius 3 is 1.86 bits per heavy atom. The monoisotopic (exact) mass is 652 g/mol. The lowest BCUT2D eigenvalue weighted by molar-refractivity contribution is 0.661. The van der Waals surface area contributed by atoms with Gasteiger partial charge in [0.15, 0.2) is 0 Å². The molecule has 0 fully saturated rings. The van der Waals surface area contributed by atoms with E-state index in [4.69, 9.17) is 0 Å². The molecular weight excluding hydrogens is 617 g/mol. The second-order valence-corrected chi connectivity index (χ2v) is 14.2. The number of nitrogens with zero attached hydrogens (tertiary/aromatic N) is 2. The molecule has 0 aliphatic heterocycles. The summed E-state index contributed by atoms with van der Waals surface area (Å²) in [6.07, 6.45) is 0. The number of hydrogen-bond acceptors (Lipinski definition) is 1. The van der Waals surface area contributed by atoms with E-state index in [1.807, 2.05) is 0 Å². The zero-order chi connectivity index (χ0) is 34.1. The van der Waals surface area contributed by atoms with E-state index < -0.39 is 0 Å². The molecule has 0 spiro atoms. The van der Waals surface area contributed by atoms with Gasteiger partial charge in [-0.25, -0.2) is 0 Å². The molecule has 8 aromatic carbocycles. The standard InChI is InChI=1S/C49H36N2/c1-49(2)44-30-35-18-10-9-17-34(35)29-43(44)40-27-25-37(31-45(40)49)50(46-23-13-11-21-39(46)33-15-5-3-6-16-33)38-26-28-42-41-22-12-14-24-47(41)51(48(42)32-38)36-19-7-4-8-20-36/h3-32H,1-2H3. The number of aromatic nitrogens is 1. The number of benzene rings is 8. The number of anilines is 3. The Morgan fingerprint density at radius 1 is 0.431 bits per heavy atom. The van der Waals surface area contributed by atoms with E-state index in [-0.39, 0.29) is 5.41 Å². The van der Waals surface area contributed by atoms with Crippen molar-refractivity contribution in [1.29, 1.82) is 0 Å². The molecular formula is C49H36N2. The van der Waals surface area contributed by atoms with Crippen molar-refractivity contribution in [2.24, 2.45) is 0 Å². The average Bonchev–Trinajstić information content (AvgIpc) is 3.62. The predicted molar refractivity (Wildman–Crippen MR) is 216 cm³/mol. The minimum atomic E-state index is -0.154. The highest BCUT2D eigenvalue weighted by Gasteiger charge is 2.36. The molecule has 1 aromatic heterocycles. The highest BCUT2D eigenvalue weighted by molar-refractivity contribution is 6.10. The quantitative estimate of drug-likeness (QED) is 0.180. The van der Waals surface area contributed by atoms with Crippen LogP contribution in [0.1, 0.15) is 25.0 Å². The van der Waals surface area contributed by atoms with E-state index in [2.05, 4.69) is 205 Å².